The van der Waals surface area contributed by atoms with E-state index >= 15 is 0 Å². The van der Waals surface area contributed by atoms with Gasteiger partial charge in [-0.2, -0.15) is 0 Å². The second-order valence-electron chi connectivity index (χ2n) is 3.65. The van der Waals surface area contributed by atoms with E-state index in [1.54, 1.807) is 0 Å². The van der Waals surface area contributed by atoms with Gasteiger partial charge in [0.25, 0.3) is 0 Å². The Kier molecular flexibility index (Phi) is 7.44. The van der Waals surface area contributed by atoms with Gasteiger partial charge in [-0.15, -0.1) is 0 Å². The molecule has 0 spiro atoms. The van der Waals surface area contributed by atoms with Gasteiger partial charge in [0.15, 0.2) is 12.2 Å². The molecule has 0 saturated heterocycles. The van der Waals surface area contributed by atoms with Gasteiger partial charge in [-0.05, 0) is 0 Å². The third-order valence-electron chi connectivity index (χ3n) is 2.06. The summed E-state index contributed by atoms with van der Waals surface area (Å²) in [7, 11) is 0. The monoisotopic (exact) mass is 266 g/mol. The number of rotatable bonds is 7. The van der Waals surface area contributed by atoms with Crippen LogP contribution in [-0.2, 0) is 19.1 Å². The van der Waals surface area contributed by atoms with Crippen LogP contribution < -0.4 is 0 Å². The van der Waals surface area contributed by atoms with Crippen molar-refractivity contribution in [2.45, 2.75) is 38.3 Å². The number of aliphatic hydroxyl groups is 4. The second kappa shape index (κ2) is 7.98. The number of carbonyl (C=O) groups is 2. The van der Waals surface area contributed by atoms with Gasteiger partial charge in [0.1, 0.15) is 12.2 Å². The predicted molar refractivity (Wildman–Crippen MR) is 57.3 cm³/mol. The highest BCUT2D eigenvalue weighted by atomic mass is 16.6. The standard InChI is InChI=1S/C10H18O8/c1-5(13)17-9(7(15)3-11)10(8(16)4-12)18-6(2)14/h7-12,15-16H,3-4H2,1-2H3/t7-,8+,9-,10-/m1/s1. The van der Waals surface area contributed by atoms with Crippen molar-refractivity contribution in [2.24, 2.45) is 0 Å². The van der Waals surface area contributed by atoms with E-state index in [9.17, 15) is 19.8 Å². The molecule has 0 amide bonds. The third-order valence-corrected chi connectivity index (χ3v) is 2.06. The maximum atomic E-state index is 10.9. The minimum Gasteiger partial charge on any atom is -0.456 e. The predicted octanol–water partition coefficient (Wildman–Crippen LogP) is -2.44. The molecule has 0 saturated carbocycles. The first-order chi connectivity index (χ1) is 8.33. The number of hydrogen-bond acceptors (Lipinski definition) is 8. The molecule has 18 heavy (non-hydrogen) atoms. The molecule has 0 heterocycles. The topological polar surface area (TPSA) is 134 Å². The average Bonchev–Trinajstić information content (AvgIpc) is 2.30. The van der Waals surface area contributed by atoms with Crippen molar-refractivity contribution in [2.75, 3.05) is 13.2 Å². The van der Waals surface area contributed by atoms with Gasteiger partial charge in [0.05, 0.1) is 13.2 Å². The molecule has 0 aliphatic heterocycles. The number of ether oxygens (including phenoxy) is 2. The smallest absolute Gasteiger partial charge is 0.303 e. The van der Waals surface area contributed by atoms with Crippen LogP contribution in [0.2, 0.25) is 0 Å². The van der Waals surface area contributed by atoms with Crippen LogP contribution in [0.3, 0.4) is 0 Å². The zero-order chi connectivity index (χ0) is 14.3. The summed E-state index contributed by atoms with van der Waals surface area (Å²) in [4.78, 5) is 21.8. The molecule has 0 aromatic rings. The molecule has 0 aliphatic carbocycles. The van der Waals surface area contributed by atoms with Crippen molar-refractivity contribution in [3.05, 3.63) is 0 Å². The van der Waals surface area contributed by atoms with Crippen molar-refractivity contribution in [1.29, 1.82) is 0 Å². The van der Waals surface area contributed by atoms with Crippen molar-refractivity contribution in [1.82, 2.24) is 0 Å². The Morgan fingerprint density at radius 3 is 1.33 bits per heavy atom. The van der Waals surface area contributed by atoms with Gasteiger partial charge in [0.2, 0.25) is 0 Å². The van der Waals surface area contributed by atoms with Crippen LogP contribution in [0, 0.1) is 0 Å². The first-order valence-corrected chi connectivity index (χ1v) is 5.25. The van der Waals surface area contributed by atoms with E-state index in [0.29, 0.717) is 0 Å². The number of carbonyl (C=O) groups excluding carboxylic acids is 2. The summed E-state index contributed by atoms with van der Waals surface area (Å²) >= 11 is 0. The van der Waals surface area contributed by atoms with Crippen molar-refractivity contribution < 1.29 is 39.5 Å². The molecule has 0 aromatic heterocycles. The van der Waals surface area contributed by atoms with Crippen LogP contribution in [-0.4, -0.2) is 70.0 Å². The first-order valence-electron chi connectivity index (χ1n) is 5.25. The molecule has 0 rings (SSSR count). The van der Waals surface area contributed by atoms with E-state index in [1.807, 2.05) is 0 Å². The summed E-state index contributed by atoms with van der Waals surface area (Å²) in [6.45, 7) is 0.558. The molecule has 8 nitrogen and oxygen atoms in total. The Bertz CT molecular complexity index is 251. The zero-order valence-corrected chi connectivity index (χ0v) is 10.1. The first kappa shape index (κ1) is 16.8. The van der Waals surface area contributed by atoms with Gasteiger partial charge in [-0.25, -0.2) is 0 Å². The molecular formula is C10H18O8. The van der Waals surface area contributed by atoms with Crippen LogP contribution in [0.4, 0.5) is 0 Å². The van der Waals surface area contributed by atoms with E-state index < -0.39 is 49.6 Å². The lowest BCUT2D eigenvalue weighted by Crippen LogP contribution is -2.51. The fourth-order valence-corrected chi connectivity index (χ4v) is 1.32. The summed E-state index contributed by atoms with van der Waals surface area (Å²) in [5, 5.41) is 36.6. The Morgan fingerprint density at radius 2 is 1.17 bits per heavy atom. The lowest BCUT2D eigenvalue weighted by atomic mass is 10.0. The van der Waals surface area contributed by atoms with Crippen LogP contribution in [0.15, 0.2) is 0 Å². The van der Waals surface area contributed by atoms with Gasteiger partial charge < -0.3 is 29.9 Å². The zero-order valence-electron chi connectivity index (χ0n) is 10.1. The minimum atomic E-state index is -1.56. The second-order valence-corrected chi connectivity index (χ2v) is 3.65. The summed E-state index contributed by atoms with van der Waals surface area (Å²) < 4.78 is 9.38. The summed E-state index contributed by atoms with van der Waals surface area (Å²) in [6.07, 6.45) is -6.06. The van der Waals surface area contributed by atoms with E-state index in [2.05, 4.69) is 0 Å². The molecule has 106 valence electrons. The Balaban J connectivity index is 5.04. The fourth-order valence-electron chi connectivity index (χ4n) is 1.32. The minimum absolute atomic E-state index is 0.770. The summed E-state index contributed by atoms with van der Waals surface area (Å²) in [5.74, 6) is -1.59. The Morgan fingerprint density at radius 1 is 0.889 bits per heavy atom. The maximum Gasteiger partial charge on any atom is 0.303 e. The SMILES string of the molecule is CC(=O)O[C@@H]([C@H](OC(C)=O)[C@@H](O)CO)[C@H](O)CO. The third kappa shape index (κ3) is 5.41. The molecule has 8 heteroatoms. The molecule has 0 bridgehead atoms. The van der Waals surface area contributed by atoms with E-state index in [4.69, 9.17) is 19.7 Å². The van der Waals surface area contributed by atoms with Crippen LogP contribution >= 0.6 is 0 Å². The molecule has 0 unspecified atom stereocenters. The number of esters is 2. The molecule has 0 aromatic carbocycles. The van der Waals surface area contributed by atoms with Gasteiger partial charge in [-0.3, -0.25) is 9.59 Å². The molecule has 0 radical (unpaired) electrons. The maximum absolute atomic E-state index is 10.9. The summed E-state index contributed by atoms with van der Waals surface area (Å²) in [6, 6.07) is 0. The van der Waals surface area contributed by atoms with Crippen LogP contribution in [0.1, 0.15) is 13.8 Å². The van der Waals surface area contributed by atoms with E-state index in [1.165, 1.54) is 0 Å². The van der Waals surface area contributed by atoms with Crippen LogP contribution in [0.25, 0.3) is 0 Å². The van der Waals surface area contributed by atoms with Crippen molar-refractivity contribution in [3.63, 3.8) is 0 Å². The van der Waals surface area contributed by atoms with Crippen molar-refractivity contribution >= 4 is 11.9 Å². The largest absolute Gasteiger partial charge is 0.456 e. The molecule has 0 aliphatic rings. The fraction of sp³-hybridized carbons (Fsp3) is 0.800. The Hall–Kier alpha value is -1.22. The summed E-state index contributed by atoms with van der Waals surface area (Å²) in [5.41, 5.74) is 0. The highest BCUT2D eigenvalue weighted by Crippen LogP contribution is 2.14. The average molecular weight is 266 g/mol. The highest BCUT2D eigenvalue weighted by molar-refractivity contribution is 5.67. The lowest BCUT2D eigenvalue weighted by Gasteiger charge is -2.31. The van der Waals surface area contributed by atoms with E-state index in [-0.39, 0.29) is 0 Å². The molecule has 4 atom stereocenters. The molecule has 4 N–H and O–H groups in total. The Labute approximate surface area is 104 Å². The highest BCUT2D eigenvalue weighted by Gasteiger charge is 2.38. The van der Waals surface area contributed by atoms with Gasteiger partial charge in [-0.1, -0.05) is 0 Å². The normalized spacial score (nSPS) is 17.4. The van der Waals surface area contributed by atoms with Crippen LogP contribution in [0.5, 0.6) is 0 Å². The molecule has 0 fully saturated rings. The lowest BCUT2D eigenvalue weighted by molar-refractivity contribution is -0.190. The van der Waals surface area contributed by atoms with Gasteiger partial charge in [0, 0.05) is 13.8 Å². The van der Waals surface area contributed by atoms with E-state index in [0.717, 1.165) is 13.8 Å². The quantitative estimate of drug-likeness (QED) is 0.373. The van der Waals surface area contributed by atoms with Crippen molar-refractivity contribution in [3.8, 4) is 0 Å². The number of aliphatic hydroxyl groups excluding tert-OH is 4. The number of hydrogen-bond donors (Lipinski definition) is 4. The molecular weight excluding hydrogens is 248 g/mol. The van der Waals surface area contributed by atoms with Gasteiger partial charge >= 0.3 is 11.9 Å².